The van der Waals surface area contributed by atoms with Crippen LogP contribution in [-0.4, -0.2) is 24.4 Å². The van der Waals surface area contributed by atoms with Crippen molar-refractivity contribution in [2.24, 2.45) is 5.10 Å². The molecule has 1 N–H and O–H groups in total. The highest BCUT2D eigenvalue weighted by atomic mass is 19.4. The van der Waals surface area contributed by atoms with Crippen molar-refractivity contribution in [2.75, 3.05) is 18.6 Å². The largest absolute Gasteiger partial charge is 0.490 e. The van der Waals surface area contributed by atoms with Gasteiger partial charge in [-0.2, -0.15) is 18.3 Å². The van der Waals surface area contributed by atoms with Crippen molar-refractivity contribution in [3.05, 3.63) is 57.6 Å². The van der Waals surface area contributed by atoms with Crippen molar-refractivity contribution in [1.82, 2.24) is 0 Å². The van der Waals surface area contributed by atoms with Crippen LogP contribution in [0.15, 0.2) is 41.5 Å². The summed E-state index contributed by atoms with van der Waals surface area (Å²) in [5.41, 5.74) is 2.24. The highest BCUT2D eigenvalue weighted by molar-refractivity contribution is 5.83. The zero-order valence-corrected chi connectivity index (χ0v) is 15.8. The lowest BCUT2D eigenvalue weighted by atomic mass is 10.2. The van der Waals surface area contributed by atoms with E-state index in [0.29, 0.717) is 24.3 Å². The normalized spacial score (nSPS) is 11.5. The number of alkyl halides is 3. The number of nitrogens with one attached hydrogen (secondary N) is 1. The van der Waals surface area contributed by atoms with E-state index in [1.807, 2.05) is 6.92 Å². The van der Waals surface area contributed by atoms with Gasteiger partial charge in [0.05, 0.1) is 35.6 Å². The lowest BCUT2D eigenvalue weighted by Crippen LogP contribution is -2.05. The highest BCUT2D eigenvalue weighted by Gasteiger charge is 2.29. The molecule has 0 unspecified atom stereocenters. The maximum absolute atomic E-state index is 12.6. The minimum absolute atomic E-state index is 0.0477. The molecule has 0 saturated carbocycles. The van der Waals surface area contributed by atoms with Crippen LogP contribution >= 0.6 is 0 Å². The molecule has 0 aliphatic carbocycles. The number of ether oxygens (including phenoxy) is 2. The first-order valence-corrected chi connectivity index (χ1v) is 8.80. The summed E-state index contributed by atoms with van der Waals surface area (Å²) < 4.78 is 48.7. The van der Waals surface area contributed by atoms with Crippen LogP contribution in [-0.2, 0) is 6.18 Å². The molecular weight excluding hydrogens is 391 g/mol. The summed E-state index contributed by atoms with van der Waals surface area (Å²) in [7, 11) is 0. The van der Waals surface area contributed by atoms with Gasteiger partial charge in [-0.1, -0.05) is 6.92 Å². The first kappa shape index (κ1) is 22.0. The molecule has 0 aliphatic heterocycles. The Morgan fingerprint density at radius 1 is 1.17 bits per heavy atom. The molecule has 0 bridgehead atoms. The summed E-state index contributed by atoms with van der Waals surface area (Å²) in [5.74, 6) is 0.262. The molecule has 2 rings (SSSR count). The average Bonchev–Trinajstić information content (AvgIpc) is 2.66. The second-order valence-corrected chi connectivity index (χ2v) is 5.85. The van der Waals surface area contributed by atoms with Gasteiger partial charge in [-0.05, 0) is 43.7 Å². The molecule has 2 aromatic carbocycles. The zero-order valence-electron chi connectivity index (χ0n) is 15.8. The number of hydrazone groups is 1. The maximum atomic E-state index is 12.6. The predicted molar refractivity (Wildman–Crippen MR) is 103 cm³/mol. The Morgan fingerprint density at radius 3 is 2.41 bits per heavy atom. The minimum atomic E-state index is -4.42. The van der Waals surface area contributed by atoms with Gasteiger partial charge in [0.2, 0.25) is 5.75 Å². The highest BCUT2D eigenvalue weighted by Crippen LogP contribution is 2.38. The fourth-order valence-electron chi connectivity index (χ4n) is 2.35. The van der Waals surface area contributed by atoms with Gasteiger partial charge in [-0.25, -0.2) is 0 Å². The molecule has 0 saturated heterocycles. The summed E-state index contributed by atoms with van der Waals surface area (Å²) >= 11 is 0. The Bertz CT molecular complexity index is 868. The van der Waals surface area contributed by atoms with Crippen molar-refractivity contribution in [3.8, 4) is 11.5 Å². The summed E-state index contributed by atoms with van der Waals surface area (Å²) in [4.78, 5) is 10.8. The van der Waals surface area contributed by atoms with E-state index in [-0.39, 0.29) is 23.8 Å². The van der Waals surface area contributed by atoms with Crippen LogP contribution in [0, 0.1) is 10.1 Å². The van der Waals surface area contributed by atoms with Gasteiger partial charge >= 0.3 is 11.9 Å². The average molecular weight is 411 g/mol. The van der Waals surface area contributed by atoms with Gasteiger partial charge in [0.15, 0.2) is 5.75 Å². The Labute approximate surface area is 165 Å². The number of hydrogen-bond acceptors (Lipinski definition) is 6. The number of anilines is 1. The van der Waals surface area contributed by atoms with Crippen LogP contribution in [0.2, 0.25) is 0 Å². The van der Waals surface area contributed by atoms with Gasteiger partial charge in [-0.3, -0.25) is 15.5 Å². The molecule has 0 fully saturated rings. The quantitative estimate of drug-likeness (QED) is 0.346. The topological polar surface area (TPSA) is 86.0 Å². The molecule has 2 aromatic rings. The van der Waals surface area contributed by atoms with Gasteiger partial charge < -0.3 is 9.47 Å². The number of hydrogen-bond donors (Lipinski definition) is 1. The van der Waals surface area contributed by atoms with Crippen LogP contribution in [0.4, 0.5) is 24.5 Å². The first-order chi connectivity index (χ1) is 13.8. The first-order valence-electron chi connectivity index (χ1n) is 8.80. The third-order valence-corrected chi connectivity index (χ3v) is 3.62. The smallest absolute Gasteiger partial charge is 0.416 e. The molecule has 0 amide bonds. The maximum Gasteiger partial charge on any atom is 0.416 e. The Morgan fingerprint density at radius 2 is 1.86 bits per heavy atom. The predicted octanol–water partition coefficient (Wildman–Crippen LogP) is 5.25. The van der Waals surface area contributed by atoms with Crippen molar-refractivity contribution in [2.45, 2.75) is 26.4 Å². The molecule has 0 spiro atoms. The minimum Gasteiger partial charge on any atom is -0.490 e. The van der Waals surface area contributed by atoms with Crippen LogP contribution in [0.5, 0.6) is 11.5 Å². The second-order valence-electron chi connectivity index (χ2n) is 5.85. The van der Waals surface area contributed by atoms with E-state index in [0.717, 1.165) is 12.1 Å². The summed E-state index contributed by atoms with van der Waals surface area (Å²) in [6.45, 7) is 4.19. The van der Waals surface area contributed by atoms with Crippen molar-refractivity contribution >= 4 is 17.6 Å². The SMILES string of the molecule is CCCOc1c(OCC)cc(C=NNc2ccc(C(F)(F)F)cc2)cc1[N+](=O)[O-]. The van der Waals surface area contributed by atoms with Gasteiger partial charge in [0.25, 0.3) is 0 Å². The number of benzene rings is 2. The monoisotopic (exact) mass is 411 g/mol. The van der Waals surface area contributed by atoms with E-state index in [1.54, 1.807) is 13.0 Å². The number of halogens is 3. The van der Waals surface area contributed by atoms with E-state index >= 15 is 0 Å². The third kappa shape index (κ3) is 6.09. The molecule has 29 heavy (non-hydrogen) atoms. The van der Waals surface area contributed by atoms with Gasteiger partial charge in [-0.15, -0.1) is 0 Å². The van der Waals surface area contributed by atoms with Crippen molar-refractivity contribution in [3.63, 3.8) is 0 Å². The molecule has 10 heteroatoms. The number of nitrogens with zero attached hydrogens (tertiary/aromatic N) is 2. The molecule has 0 heterocycles. The van der Waals surface area contributed by atoms with E-state index in [1.165, 1.54) is 24.4 Å². The summed E-state index contributed by atoms with van der Waals surface area (Å²) in [5, 5.41) is 15.3. The van der Waals surface area contributed by atoms with E-state index in [9.17, 15) is 23.3 Å². The zero-order chi connectivity index (χ0) is 21.4. The number of nitro groups is 1. The molecule has 7 nitrogen and oxygen atoms in total. The fourth-order valence-corrected chi connectivity index (χ4v) is 2.35. The molecule has 0 aliphatic rings. The number of nitro benzene ring substituents is 1. The van der Waals surface area contributed by atoms with Crippen molar-refractivity contribution in [1.29, 1.82) is 0 Å². The van der Waals surface area contributed by atoms with E-state index in [2.05, 4.69) is 10.5 Å². The lowest BCUT2D eigenvalue weighted by molar-refractivity contribution is -0.386. The summed E-state index contributed by atoms with van der Waals surface area (Å²) in [6.07, 6.45) is -2.45. The van der Waals surface area contributed by atoms with Crippen LogP contribution in [0.1, 0.15) is 31.4 Å². The van der Waals surface area contributed by atoms with Gasteiger partial charge in [0, 0.05) is 11.6 Å². The van der Waals surface area contributed by atoms with Gasteiger partial charge in [0.1, 0.15) is 0 Å². The van der Waals surface area contributed by atoms with Crippen molar-refractivity contribution < 1.29 is 27.6 Å². The standard InChI is InChI=1S/C19H20F3N3O4/c1-3-9-29-18-16(25(26)27)10-13(11-17(18)28-4-2)12-23-24-15-7-5-14(6-8-15)19(20,21)22/h5-8,10-12,24H,3-4,9H2,1-2H3. The van der Waals surface area contributed by atoms with Crippen LogP contribution in [0.3, 0.4) is 0 Å². The molecule has 0 atom stereocenters. The Hall–Kier alpha value is -3.30. The Kier molecular flexibility index (Phi) is 7.40. The molecule has 156 valence electrons. The second kappa shape index (κ2) is 9.76. The molecular formula is C19H20F3N3O4. The summed E-state index contributed by atoms with van der Waals surface area (Å²) in [6, 6.07) is 7.14. The lowest BCUT2D eigenvalue weighted by Gasteiger charge is -2.12. The molecule has 0 radical (unpaired) electrons. The van der Waals surface area contributed by atoms with E-state index in [4.69, 9.17) is 9.47 Å². The fraction of sp³-hybridized carbons (Fsp3) is 0.316. The Balaban J connectivity index is 2.23. The van der Waals surface area contributed by atoms with E-state index < -0.39 is 16.7 Å². The third-order valence-electron chi connectivity index (χ3n) is 3.62. The van der Waals surface area contributed by atoms with Crippen LogP contribution < -0.4 is 14.9 Å². The number of rotatable bonds is 9. The molecule has 0 aromatic heterocycles. The van der Waals surface area contributed by atoms with Crippen LogP contribution in [0.25, 0.3) is 0 Å².